The van der Waals surface area contributed by atoms with Crippen molar-refractivity contribution in [1.82, 2.24) is 10.2 Å². The highest BCUT2D eigenvalue weighted by atomic mass is 32.2. The van der Waals surface area contributed by atoms with E-state index in [2.05, 4.69) is 71.9 Å². The molecule has 5 unspecified atom stereocenters. The summed E-state index contributed by atoms with van der Waals surface area (Å²) in [6.07, 6.45) is 22.2. The van der Waals surface area contributed by atoms with Gasteiger partial charge in [0.1, 0.15) is 18.2 Å². The van der Waals surface area contributed by atoms with Crippen LogP contribution in [0.5, 0.6) is 0 Å². The Labute approximate surface area is 354 Å². The van der Waals surface area contributed by atoms with Crippen LogP contribution in [0.3, 0.4) is 0 Å². The lowest BCUT2D eigenvalue weighted by atomic mass is 9.37. The molecule has 0 spiro atoms. The number of ether oxygens (including phenoxy) is 2. The van der Waals surface area contributed by atoms with E-state index in [1.807, 2.05) is 37.3 Å². The average Bonchev–Trinajstić information content (AvgIpc) is 3.65. The molecule has 1 heterocycles. The summed E-state index contributed by atoms with van der Waals surface area (Å²) in [6.45, 7) is 17.9. The number of esters is 1. The van der Waals surface area contributed by atoms with Gasteiger partial charge in [-0.25, -0.2) is 4.99 Å². The van der Waals surface area contributed by atoms with Crippen LogP contribution in [0.2, 0.25) is 0 Å². The van der Waals surface area contributed by atoms with E-state index in [9.17, 15) is 4.79 Å². The molecule has 4 saturated carbocycles. The number of hydrazone groups is 1. The number of hydrogen-bond acceptors (Lipinski definition) is 9. The number of para-hydroxylation sites is 1. The van der Waals surface area contributed by atoms with Crippen molar-refractivity contribution in [3.8, 4) is 0 Å². The van der Waals surface area contributed by atoms with E-state index >= 15 is 0 Å². The Morgan fingerprint density at radius 2 is 1.72 bits per heavy atom. The molecule has 9 heteroatoms. The van der Waals surface area contributed by atoms with Gasteiger partial charge in [-0.05, 0) is 153 Å². The minimum absolute atomic E-state index is 0.0642. The molecule has 1 aromatic carbocycles. The Kier molecular flexibility index (Phi) is 12.4. The first kappa shape index (κ1) is 42.1. The number of fused-ring (bicyclic) bond motifs is 7. The lowest BCUT2D eigenvalue weighted by Gasteiger charge is -2.68. The van der Waals surface area contributed by atoms with E-state index in [1.54, 1.807) is 0 Å². The number of allylic oxidation sites excluding steroid dienone is 4. The molecule has 7 aliphatic rings. The Hall–Kier alpha value is -2.62. The van der Waals surface area contributed by atoms with Gasteiger partial charge < -0.3 is 25.5 Å². The van der Waals surface area contributed by atoms with Crippen molar-refractivity contribution in [1.29, 1.82) is 0 Å². The maximum Gasteiger partial charge on any atom is 0.315 e. The molecular formula is C49H73N5O3S. The first-order valence-electron chi connectivity index (χ1n) is 23.1. The van der Waals surface area contributed by atoms with Gasteiger partial charge in [0, 0.05) is 43.2 Å². The summed E-state index contributed by atoms with van der Waals surface area (Å²) >= 11 is 2.12. The molecule has 318 valence electrons. The number of aliphatic imine (C=N–C) groups is 1. The molecule has 3 N–H and O–H groups in total. The number of carbonyl (C=O) groups is 1. The standard InChI is InChI=1S/C49H73N5O3S/c1-6-56-44(55)48(34-57-43(33-52-50)53-36-11-8-7-9-12-36)24-16-35(17-25-48)38-18-22-47(5)41(45(38,2)3)20-23-46(4)39-19-26-49(51-27-28-54-29-31-58-32-30-54)21-10-13-40(49)37(39)14-15-42(46)47/h7-9,11-12,16,18,33,37,39-42,51H,6,10,13-15,17,19-32,34,50H2,1-5H3/t37-,39?,40?,41?,42?,46-,47-,48?,49-/m0/s1. The van der Waals surface area contributed by atoms with Gasteiger partial charge in [0.05, 0.1) is 12.3 Å². The number of hydrogen-bond donors (Lipinski definition) is 2. The molecule has 9 atom stereocenters. The molecule has 8 nitrogen and oxygen atoms in total. The zero-order chi connectivity index (χ0) is 40.6. The largest absolute Gasteiger partial charge is 0.475 e. The number of nitrogens with zero attached hydrogens (tertiary/aromatic N) is 3. The maximum absolute atomic E-state index is 13.7. The second-order valence-electron chi connectivity index (χ2n) is 20.4. The highest BCUT2D eigenvalue weighted by Gasteiger charge is 2.65. The predicted octanol–water partition coefficient (Wildman–Crippen LogP) is 9.73. The highest BCUT2D eigenvalue weighted by molar-refractivity contribution is 7.99. The number of benzene rings is 1. The Morgan fingerprint density at radius 1 is 0.914 bits per heavy atom. The Morgan fingerprint density at radius 3 is 2.47 bits per heavy atom. The van der Waals surface area contributed by atoms with Crippen LogP contribution in [0.15, 0.2) is 63.7 Å². The fourth-order valence-corrected chi connectivity index (χ4v) is 15.7. The minimum atomic E-state index is -0.794. The molecule has 1 saturated heterocycles. The van der Waals surface area contributed by atoms with Gasteiger partial charge in [-0.1, -0.05) is 64.5 Å². The normalized spacial score (nSPS) is 38.8. The van der Waals surface area contributed by atoms with Crippen molar-refractivity contribution in [3.63, 3.8) is 0 Å². The summed E-state index contributed by atoms with van der Waals surface area (Å²) in [5, 5.41) is 7.99. The topological polar surface area (TPSA) is 102 Å². The predicted molar refractivity (Wildman–Crippen MR) is 239 cm³/mol. The third-order valence-electron chi connectivity index (χ3n) is 17.4. The van der Waals surface area contributed by atoms with Crippen LogP contribution < -0.4 is 11.2 Å². The molecule has 8 rings (SSSR count). The Bertz CT molecular complexity index is 1750. The lowest BCUT2D eigenvalue weighted by Crippen LogP contribution is -2.64. The summed E-state index contributed by atoms with van der Waals surface area (Å²) in [4.78, 5) is 21.0. The van der Waals surface area contributed by atoms with Crippen LogP contribution in [0.25, 0.3) is 0 Å². The van der Waals surface area contributed by atoms with Crippen LogP contribution in [-0.2, 0) is 14.3 Å². The molecule has 1 aliphatic heterocycles. The SMILES string of the molecule is CCOC(=O)C1(COC(C=NN)=Nc2ccccc2)CC=C(C2=CC[C@@]3(C)C(CC[C@@]4(C)C5CC[C@@]6(NCCN7CCSCC7)CCCC6[C@H]5CCC43)C2(C)C)CC1. The number of thioether (sulfide) groups is 1. The van der Waals surface area contributed by atoms with E-state index in [-0.39, 0.29) is 23.9 Å². The van der Waals surface area contributed by atoms with E-state index in [0.717, 1.165) is 35.8 Å². The van der Waals surface area contributed by atoms with Gasteiger partial charge in [0.2, 0.25) is 5.90 Å². The molecule has 1 aromatic rings. The maximum atomic E-state index is 13.7. The van der Waals surface area contributed by atoms with Crippen molar-refractivity contribution in [3.05, 3.63) is 53.6 Å². The van der Waals surface area contributed by atoms with Crippen molar-refractivity contribution in [2.75, 3.05) is 50.9 Å². The van der Waals surface area contributed by atoms with Crippen LogP contribution in [0, 0.1) is 51.2 Å². The number of carbonyl (C=O) groups excluding carboxylic acids is 1. The molecule has 0 amide bonds. The molecule has 0 aromatic heterocycles. The average molecular weight is 812 g/mol. The van der Waals surface area contributed by atoms with Crippen molar-refractivity contribution in [2.24, 2.45) is 67.2 Å². The highest BCUT2D eigenvalue weighted by Crippen LogP contribution is 2.72. The Balaban J connectivity index is 0.972. The van der Waals surface area contributed by atoms with Gasteiger partial charge in [0.15, 0.2) is 0 Å². The van der Waals surface area contributed by atoms with Gasteiger partial charge in [-0.2, -0.15) is 16.9 Å². The molecule has 0 bridgehead atoms. The van der Waals surface area contributed by atoms with Crippen LogP contribution in [-0.4, -0.2) is 79.4 Å². The fourth-order valence-electron chi connectivity index (χ4n) is 14.8. The van der Waals surface area contributed by atoms with E-state index in [1.165, 1.54) is 119 Å². The molecule has 58 heavy (non-hydrogen) atoms. The first-order chi connectivity index (χ1) is 28.0. The number of nitrogens with one attached hydrogen (secondary N) is 1. The molecule has 6 aliphatic carbocycles. The van der Waals surface area contributed by atoms with Gasteiger partial charge in [-0.3, -0.25) is 4.79 Å². The van der Waals surface area contributed by atoms with Crippen LogP contribution in [0.4, 0.5) is 5.69 Å². The van der Waals surface area contributed by atoms with E-state index < -0.39 is 5.41 Å². The summed E-state index contributed by atoms with van der Waals surface area (Å²) in [7, 11) is 0. The zero-order valence-electron chi connectivity index (χ0n) is 36.4. The fraction of sp³-hybridized carbons (Fsp3) is 0.735. The number of nitrogens with two attached hydrogens (primary N) is 1. The number of rotatable bonds is 11. The van der Waals surface area contributed by atoms with Crippen molar-refractivity contribution in [2.45, 2.75) is 124 Å². The van der Waals surface area contributed by atoms with Crippen LogP contribution >= 0.6 is 11.8 Å². The van der Waals surface area contributed by atoms with Gasteiger partial charge >= 0.3 is 5.97 Å². The summed E-state index contributed by atoms with van der Waals surface area (Å²) in [6, 6.07) is 9.60. The van der Waals surface area contributed by atoms with Crippen molar-refractivity contribution >= 4 is 35.5 Å². The lowest BCUT2D eigenvalue weighted by molar-refractivity contribution is -0.175. The van der Waals surface area contributed by atoms with Gasteiger partial charge in [-0.15, -0.1) is 0 Å². The molecular weight excluding hydrogens is 739 g/mol. The minimum Gasteiger partial charge on any atom is -0.475 e. The molecule has 5 fully saturated rings. The first-order valence-corrected chi connectivity index (χ1v) is 24.3. The summed E-state index contributed by atoms with van der Waals surface area (Å²) < 4.78 is 11.9. The summed E-state index contributed by atoms with van der Waals surface area (Å²) in [5.74, 6) is 12.3. The summed E-state index contributed by atoms with van der Waals surface area (Å²) in [5.41, 5.74) is 4.07. The van der Waals surface area contributed by atoms with Crippen LogP contribution in [0.1, 0.15) is 118 Å². The monoisotopic (exact) mass is 812 g/mol. The third kappa shape index (κ3) is 7.65. The van der Waals surface area contributed by atoms with E-state index in [4.69, 9.17) is 15.3 Å². The third-order valence-corrected chi connectivity index (χ3v) is 18.4. The molecule has 0 radical (unpaired) electrons. The van der Waals surface area contributed by atoms with Gasteiger partial charge in [0.25, 0.3) is 0 Å². The van der Waals surface area contributed by atoms with Crippen molar-refractivity contribution < 1.29 is 14.3 Å². The zero-order valence-corrected chi connectivity index (χ0v) is 37.2. The second-order valence-corrected chi connectivity index (χ2v) is 21.6. The smallest absolute Gasteiger partial charge is 0.315 e. The quantitative estimate of drug-likeness (QED) is 0.0755. The second kappa shape index (κ2) is 17.0. The van der Waals surface area contributed by atoms with E-state index in [0.29, 0.717) is 41.7 Å².